The molecule has 2 aromatic heterocycles. The van der Waals surface area contributed by atoms with Crippen LogP contribution in [0.25, 0.3) is 11.3 Å². The van der Waals surface area contributed by atoms with Gasteiger partial charge in [-0.1, -0.05) is 36.9 Å². The maximum Gasteiger partial charge on any atom is 0.146 e. The second kappa shape index (κ2) is 7.96. The molecule has 4 rings (SSSR count). The zero-order valence-electron chi connectivity index (χ0n) is 15.3. The minimum absolute atomic E-state index is 0.204. The second-order valence-electron chi connectivity index (χ2n) is 6.44. The fourth-order valence-corrected chi connectivity index (χ4v) is 2.97. The third kappa shape index (κ3) is 3.88. The van der Waals surface area contributed by atoms with E-state index < -0.39 is 0 Å². The summed E-state index contributed by atoms with van der Waals surface area (Å²) in [5.41, 5.74) is 4.29. The molecule has 0 atom stereocenters. The smallest absolute Gasteiger partial charge is 0.146 e. The van der Waals surface area contributed by atoms with Crippen molar-refractivity contribution >= 4 is 11.3 Å². The zero-order chi connectivity index (χ0) is 19.3. The lowest BCUT2D eigenvalue weighted by molar-refractivity contribution is 0.300. The van der Waals surface area contributed by atoms with Crippen molar-refractivity contribution in [3.05, 3.63) is 108 Å². The van der Waals surface area contributed by atoms with Crippen molar-refractivity contribution in [2.24, 2.45) is 0 Å². The highest BCUT2D eigenvalue weighted by molar-refractivity contribution is 5.73. The predicted molar refractivity (Wildman–Crippen MR) is 108 cm³/mol. The van der Waals surface area contributed by atoms with Gasteiger partial charge in [-0.25, -0.2) is 9.37 Å². The molecule has 0 unspecified atom stereocenters. The molecule has 4 aromatic rings. The van der Waals surface area contributed by atoms with Crippen molar-refractivity contribution in [3.8, 4) is 5.75 Å². The SMILES string of the molecule is C=C(NCc1ccc(OCc2ccccc2F)cc1)c1cccn2ccnc12. The lowest BCUT2D eigenvalue weighted by Gasteiger charge is -2.12. The van der Waals surface area contributed by atoms with Gasteiger partial charge in [0.25, 0.3) is 0 Å². The number of nitrogens with zero attached hydrogens (tertiary/aromatic N) is 2. The Labute approximate surface area is 162 Å². The molecule has 0 saturated heterocycles. The van der Waals surface area contributed by atoms with Crippen molar-refractivity contribution in [3.63, 3.8) is 0 Å². The largest absolute Gasteiger partial charge is 0.489 e. The van der Waals surface area contributed by atoms with Crippen LogP contribution in [0, 0.1) is 5.82 Å². The standard InChI is InChI=1S/C23H20FN3O/c1-17(21-6-4-13-27-14-12-25-23(21)27)26-15-18-8-10-20(11-9-18)28-16-19-5-2-3-7-22(19)24/h2-14,26H,1,15-16H2. The minimum Gasteiger partial charge on any atom is -0.489 e. The predicted octanol–water partition coefficient (Wildman–Crippen LogP) is 4.81. The Morgan fingerprint density at radius 2 is 1.86 bits per heavy atom. The second-order valence-corrected chi connectivity index (χ2v) is 6.44. The van der Waals surface area contributed by atoms with Crippen LogP contribution in [0.5, 0.6) is 5.75 Å². The normalized spacial score (nSPS) is 10.8. The van der Waals surface area contributed by atoms with Crippen LogP contribution in [-0.4, -0.2) is 9.38 Å². The van der Waals surface area contributed by atoms with E-state index >= 15 is 0 Å². The van der Waals surface area contributed by atoms with Crippen LogP contribution in [0.4, 0.5) is 4.39 Å². The number of hydrogen-bond acceptors (Lipinski definition) is 3. The number of rotatable bonds is 7. The van der Waals surface area contributed by atoms with Crippen LogP contribution >= 0.6 is 0 Å². The highest BCUT2D eigenvalue weighted by Crippen LogP contribution is 2.18. The number of halogens is 1. The first kappa shape index (κ1) is 17.8. The summed E-state index contributed by atoms with van der Waals surface area (Å²) < 4.78 is 21.3. The van der Waals surface area contributed by atoms with E-state index in [1.165, 1.54) is 6.07 Å². The summed E-state index contributed by atoms with van der Waals surface area (Å²) in [6.07, 6.45) is 5.64. The highest BCUT2D eigenvalue weighted by Gasteiger charge is 2.06. The van der Waals surface area contributed by atoms with Crippen LogP contribution < -0.4 is 10.1 Å². The maximum absolute atomic E-state index is 13.6. The van der Waals surface area contributed by atoms with E-state index in [9.17, 15) is 4.39 Å². The Bertz CT molecular complexity index is 1100. The first-order valence-electron chi connectivity index (χ1n) is 9.01. The molecular weight excluding hydrogens is 353 g/mol. The summed E-state index contributed by atoms with van der Waals surface area (Å²) in [7, 11) is 0. The molecule has 0 bridgehead atoms. The van der Waals surface area contributed by atoms with E-state index in [-0.39, 0.29) is 12.4 Å². The van der Waals surface area contributed by atoms with Gasteiger partial charge in [0, 0.05) is 42.0 Å². The van der Waals surface area contributed by atoms with E-state index in [0.29, 0.717) is 17.9 Å². The number of nitrogens with one attached hydrogen (secondary N) is 1. The van der Waals surface area contributed by atoms with Gasteiger partial charge < -0.3 is 14.5 Å². The van der Waals surface area contributed by atoms with Crippen molar-refractivity contribution in [2.75, 3.05) is 0 Å². The van der Waals surface area contributed by atoms with E-state index in [2.05, 4.69) is 16.9 Å². The minimum atomic E-state index is -0.255. The number of hydrogen-bond donors (Lipinski definition) is 1. The summed E-state index contributed by atoms with van der Waals surface area (Å²) in [4.78, 5) is 4.38. The third-order valence-electron chi connectivity index (χ3n) is 4.53. The number of aromatic nitrogens is 2. The van der Waals surface area contributed by atoms with Gasteiger partial charge in [0.2, 0.25) is 0 Å². The average Bonchev–Trinajstić information content (AvgIpc) is 3.21. The van der Waals surface area contributed by atoms with Crippen molar-refractivity contribution in [2.45, 2.75) is 13.2 Å². The molecule has 1 N–H and O–H groups in total. The van der Waals surface area contributed by atoms with Gasteiger partial charge in [-0.15, -0.1) is 0 Å². The van der Waals surface area contributed by atoms with Gasteiger partial charge in [-0.05, 0) is 35.9 Å². The summed E-state index contributed by atoms with van der Waals surface area (Å²) >= 11 is 0. The van der Waals surface area contributed by atoms with E-state index in [0.717, 1.165) is 22.5 Å². The van der Waals surface area contributed by atoms with Gasteiger partial charge in [0.15, 0.2) is 0 Å². The van der Waals surface area contributed by atoms with Crippen molar-refractivity contribution in [1.29, 1.82) is 0 Å². The summed E-state index contributed by atoms with van der Waals surface area (Å²) in [5.74, 6) is 0.447. The number of pyridine rings is 1. The molecule has 0 saturated carbocycles. The Balaban J connectivity index is 1.35. The van der Waals surface area contributed by atoms with Gasteiger partial charge in [-0.2, -0.15) is 0 Å². The first-order valence-corrected chi connectivity index (χ1v) is 9.01. The Hall–Kier alpha value is -3.60. The molecule has 0 aliphatic rings. The maximum atomic E-state index is 13.6. The molecule has 0 amide bonds. The van der Waals surface area contributed by atoms with Crippen LogP contribution in [0.2, 0.25) is 0 Å². The van der Waals surface area contributed by atoms with Gasteiger partial charge in [0.1, 0.15) is 23.8 Å². The molecule has 4 nitrogen and oxygen atoms in total. The highest BCUT2D eigenvalue weighted by atomic mass is 19.1. The first-order chi connectivity index (χ1) is 13.7. The lowest BCUT2D eigenvalue weighted by Crippen LogP contribution is -2.11. The molecule has 140 valence electrons. The molecule has 0 aliphatic carbocycles. The average molecular weight is 373 g/mol. The zero-order valence-corrected chi connectivity index (χ0v) is 15.3. The monoisotopic (exact) mass is 373 g/mol. The molecular formula is C23H20FN3O. The van der Waals surface area contributed by atoms with E-state index in [4.69, 9.17) is 4.74 Å². The molecule has 5 heteroatoms. The van der Waals surface area contributed by atoms with E-state index in [1.54, 1.807) is 24.4 Å². The Kier molecular flexibility index (Phi) is 5.06. The van der Waals surface area contributed by atoms with Crippen LogP contribution in [0.15, 0.2) is 85.8 Å². The van der Waals surface area contributed by atoms with Gasteiger partial charge in [-0.3, -0.25) is 0 Å². The number of benzene rings is 2. The van der Waals surface area contributed by atoms with Crippen molar-refractivity contribution in [1.82, 2.24) is 14.7 Å². The molecule has 2 heterocycles. The molecule has 0 spiro atoms. The summed E-state index contributed by atoms with van der Waals surface area (Å²) in [6, 6.07) is 18.3. The quantitative estimate of drug-likeness (QED) is 0.505. The van der Waals surface area contributed by atoms with Gasteiger partial charge >= 0.3 is 0 Å². The fraction of sp³-hybridized carbons (Fsp3) is 0.0870. The molecule has 2 aromatic carbocycles. The van der Waals surface area contributed by atoms with Crippen LogP contribution in [0.3, 0.4) is 0 Å². The van der Waals surface area contributed by atoms with Crippen molar-refractivity contribution < 1.29 is 9.13 Å². The van der Waals surface area contributed by atoms with Crippen LogP contribution in [-0.2, 0) is 13.2 Å². The number of ether oxygens (including phenoxy) is 1. The van der Waals surface area contributed by atoms with Gasteiger partial charge in [0.05, 0.1) is 0 Å². The fourth-order valence-electron chi connectivity index (χ4n) is 2.97. The summed E-state index contributed by atoms with van der Waals surface area (Å²) in [6.45, 7) is 4.97. The Morgan fingerprint density at radius 1 is 1.04 bits per heavy atom. The van der Waals surface area contributed by atoms with Crippen LogP contribution in [0.1, 0.15) is 16.7 Å². The number of fused-ring (bicyclic) bond motifs is 1. The number of imidazole rings is 1. The summed E-state index contributed by atoms with van der Waals surface area (Å²) in [5, 5.41) is 3.34. The molecule has 28 heavy (non-hydrogen) atoms. The molecule has 0 aliphatic heterocycles. The van der Waals surface area contributed by atoms with E-state index in [1.807, 2.05) is 53.2 Å². The Morgan fingerprint density at radius 3 is 2.68 bits per heavy atom. The topological polar surface area (TPSA) is 38.6 Å². The third-order valence-corrected chi connectivity index (χ3v) is 4.53. The lowest BCUT2D eigenvalue weighted by atomic mass is 10.2. The molecule has 0 fully saturated rings. The molecule has 0 radical (unpaired) electrons.